The number of anilines is 1. The maximum atomic E-state index is 13.5. The summed E-state index contributed by atoms with van der Waals surface area (Å²) >= 11 is 0. The van der Waals surface area contributed by atoms with Crippen LogP contribution in [0.25, 0.3) is 10.8 Å². The summed E-state index contributed by atoms with van der Waals surface area (Å²) in [6.07, 6.45) is 1.65. The van der Waals surface area contributed by atoms with E-state index in [0.717, 1.165) is 16.3 Å². The molecule has 1 aliphatic heterocycles. The van der Waals surface area contributed by atoms with Crippen molar-refractivity contribution in [3.05, 3.63) is 72.3 Å². The molecule has 0 saturated carbocycles. The number of hydrogen-bond donors (Lipinski definition) is 1. The van der Waals surface area contributed by atoms with Crippen molar-refractivity contribution in [1.82, 2.24) is 10.2 Å². The molecule has 202 valence electrons. The minimum Gasteiger partial charge on any atom is -0.354 e. The molecule has 0 aliphatic carbocycles. The molecule has 0 saturated heterocycles. The zero-order valence-electron chi connectivity index (χ0n) is 22.4. The van der Waals surface area contributed by atoms with E-state index in [1.54, 1.807) is 17.0 Å². The van der Waals surface area contributed by atoms with Gasteiger partial charge in [0.2, 0.25) is 11.8 Å². The van der Waals surface area contributed by atoms with Gasteiger partial charge in [0.1, 0.15) is 6.04 Å². The molecule has 1 aliphatic rings. The standard InChI is InChI=1S/C30H37N3O4S/c1-4-25(30(35)31-21-22(2)3)32(20-18-23-11-6-5-7-12-23)28(34)17-10-19-33-26-15-8-13-24-14-9-16-27(29(24)26)38(33,36)37/h5-9,11-16,22,25H,4,10,17-21H2,1-3H3,(H,31,35)/t25-/m1/s1. The van der Waals surface area contributed by atoms with Gasteiger partial charge in [0, 0.05) is 31.4 Å². The molecule has 2 amide bonds. The van der Waals surface area contributed by atoms with Crippen molar-refractivity contribution in [3.63, 3.8) is 0 Å². The lowest BCUT2D eigenvalue weighted by Crippen LogP contribution is -2.50. The highest BCUT2D eigenvalue weighted by Gasteiger charge is 2.35. The van der Waals surface area contributed by atoms with E-state index in [9.17, 15) is 18.0 Å². The van der Waals surface area contributed by atoms with Crippen molar-refractivity contribution < 1.29 is 18.0 Å². The molecule has 0 spiro atoms. The predicted octanol–water partition coefficient (Wildman–Crippen LogP) is 4.75. The van der Waals surface area contributed by atoms with Crippen molar-refractivity contribution in [3.8, 4) is 0 Å². The lowest BCUT2D eigenvalue weighted by Gasteiger charge is -2.31. The van der Waals surface area contributed by atoms with Gasteiger partial charge < -0.3 is 10.2 Å². The lowest BCUT2D eigenvalue weighted by molar-refractivity contribution is -0.140. The first-order chi connectivity index (χ1) is 18.2. The fourth-order valence-electron chi connectivity index (χ4n) is 5.03. The number of amides is 2. The molecule has 0 bridgehead atoms. The Hall–Kier alpha value is -3.39. The van der Waals surface area contributed by atoms with Gasteiger partial charge in [-0.15, -0.1) is 0 Å². The van der Waals surface area contributed by atoms with Crippen LogP contribution in [0, 0.1) is 5.92 Å². The molecule has 1 atom stereocenters. The van der Waals surface area contributed by atoms with Gasteiger partial charge in [-0.3, -0.25) is 13.9 Å². The van der Waals surface area contributed by atoms with Gasteiger partial charge in [0.15, 0.2) is 0 Å². The Kier molecular flexibility index (Phi) is 8.72. The molecule has 1 N–H and O–H groups in total. The van der Waals surface area contributed by atoms with E-state index >= 15 is 0 Å². The molecule has 3 aromatic rings. The lowest BCUT2D eigenvalue weighted by atomic mass is 10.1. The average Bonchev–Trinajstić information content (AvgIpc) is 3.13. The van der Waals surface area contributed by atoms with Crippen LogP contribution in [0.5, 0.6) is 0 Å². The van der Waals surface area contributed by atoms with Crippen LogP contribution in [-0.4, -0.2) is 50.8 Å². The fraction of sp³-hybridized carbons (Fsp3) is 0.400. The number of carbonyl (C=O) groups excluding carboxylic acids is 2. The first kappa shape index (κ1) is 27.6. The van der Waals surface area contributed by atoms with Gasteiger partial charge in [0.05, 0.1) is 10.6 Å². The second-order valence-corrected chi connectivity index (χ2v) is 12.0. The van der Waals surface area contributed by atoms with Crippen molar-refractivity contribution in [2.45, 2.75) is 57.4 Å². The summed E-state index contributed by atoms with van der Waals surface area (Å²) in [5, 5.41) is 4.60. The third kappa shape index (κ3) is 5.85. The summed E-state index contributed by atoms with van der Waals surface area (Å²) in [4.78, 5) is 28.6. The molecule has 1 heterocycles. The fourth-order valence-corrected chi connectivity index (χ4v) is 6.78. The Morgan fingerprint density at radius 1 is 0.974 bits per heavy atom. The van der Waals surface area contributed by atoms with E-state index < -0.39 is 16.1 Å². The summed E-state index contributed by atoms with van der Waals surface area (Å²) in [6, 6.07) is 20.2. The predicted molar refractivity (Wildman–Crippen MR) is 151 cm³/mol. The van der Waals surface area contributed by atoms with Gasteiger partial charge in [-0.25, -0.2) is 8.42 Å². The van der Waals surface area contributed by atoms with Crippen molar-refractivity contribution in [2.24, 2.45) is 5.92 Å². The third-order valence-electron chi connectivity index (χ3n) is 6.99. The summed E-state index contributed by atoms with van der Waals surface area (Å²) in [6.45, 7) is 7.15. The second kappa shape index (κ2) is 12.0. The topological polar surface area (TPSA) is 86.8 Å². The molecule has 8 heteroatoms. The van der Waals surface area contributed by atoms with Gasteiger partial charge in [-0.05, 0) is 48.3 Å². The number of nitrogens with one attached hydrogen (secondary N) is 1. The van der Waals surface area contributed by atoms with E-state index in [1.807, 2.05) is 75.4 Å². The first-order valence-electron chi connectivity index (χ1n) is 13.4. The number of sulfonamides is 1. The molecule has 0 fully saturated rings. The van der Waals surface area contributed by atoms with Crippen molar-refractivity contribution >= 4 is 38.3 Å². The van der Waals surface area contributed by atoms with Crippen LogP contribution in [0.15, 0.2) is 71.6 Å². The zero-order chi connectivity index (χ0) is 27.3. The highest BCUT2D eigenvalue weighted by atomic mass is 32.2. The molecule has 0 radical (unpaired) electrons. The number of nitrogens with zero attached hydrogens (tertiary/aromatic N) is 2. The minimum atomic E-state index is -3.67. The third-order valence-corrected chi connectivity index (χ3v) is 8.84. The van der Waals surface area contributed by atoms with Crippen LogP contribution in [0.2, 0.25) is 0 Å². The SMILES string of the molecule is CC[C@H](C(=O)NCC(C)C)N(CCc1ccccc1)C(=O)CCCN1c2cccc3cccc(c23)S1(=O)=O. The van der Waals surface area contributed by atoms with Crippen LogP contribution in [0.4, 0.5) is 5.69 Å². The van der Waals surface area contributed by atoms with E-state index in [4.69, 9.17) is 0 Å². The van der Waals surface area contributed by atoms with Crippen LogP contribution >= 0.6 is 0 Å². The summed E-state index contributed by atoms with van der Waals surface area (Å²) < 4.78 is 28.0. The molecule has 38 heavy (non-hydrogen) atoms. The average molecular weight is 536 g/mol. The molecule has 0 aromatic heterocycles. The van der Waals surface area contributed by atoms with Crippen LogP contribution < -0.4 is 9.62 Å². The number of hydrogen-bond acceptors (Lipinski definition) is 4. The highest BCUT2D eigenvalue weighted by Crippen LogP contribution is 2.42. The second-order valence-electron chi connectivity index (χ2n) is 10.2. The maximum Gasteiger partial charge on any atom is 0.265 e. The Morgan fingerprint density at radius 2 is 1.68 bits per heavy atom. The summed E-state index contributed by atoms with van der Waals surface area (Å²) in [5.74, 6) is 0.0209. The molecular formula is C30H37N3O4S. The van der Waals surface area contributed by atoms with Crippen molar-refractivity contribution in [1.29, 1.82) is 0 Å². The number of benzene rings is 3. The molecule has 7 nitrogen and oxygen atoms in total. The molecule has 4 rings (SSSR count). The quantitative estimate of drug-likeness (QED) is 0.363. The van der Waals surface area contributed by atoms with Crippen LogP contribution in [0.1, 0.15) is 45.6 Å². The van der Waals surface area contributed by atoms with Gasteiger partial charge >= 0.3 is 0 Å². The Labute approximate surface area is 225 Å². The van der Waals surface area contributed by atoms with E-state index in [0.29, 0.717) is 48.9 Å². The van der Waals surface area contributed by atoms with Crippen LogP contribution in [0.3, 0.4) is 0 Å². The Balaban J connectivity index is 1.47. The van der Waals surface area contributed by atoms with E-state index in [1.165, 1.54) is 4.31 Å². The molecule has 0 unspecified atom stereocenters. The van der Waals surface area contributed by atoms with Gasteiger partial charge in [-0.2, -0.15) is 0 Å². The van der Waals surface area contributed by atoms with Gasteiger partial charge in [0.25, 0.3) is 10.0 Å². The largest absolute Gasteiger partial charge is 0.354 e. The van der Waals surface area contributed by atoms with E-state index in [-0.39, 0.29) is 24.8 Å². The number of rotatable bonds is 12. The summed E-state index contributed by atoms with van der Waals surface area (Å²) in [5.41, 5.74) is 1.75. The molecule has 3 aromatic carbocycles. The van der Waals surface area contributed by atoms with Crippen LogP contribution in [-0.2, 0) is 26.0 Å². The first-order valence-corrected chi connectivity index (χ1v) is 14.8. The smallest absolute Gasteiger partial charge is 0.265 e. The highest BCUT2D eigenvalue weighted by molar-refractivity contribution is 7.93. The molecular weight excluding hydrogens is 498 g/mol. The Bertz CT molecular complexity index is 1380. The summed E-state index contributed by atoms with van der Waals surface area (Å²) in [7, 11) is -3.67. The zero-order valence-corrected chi connectivity index (χ0v) is 23.2. The normalized spacial score (nSPS) is 14.6. The maximum absolute atomic E-state index is 13.5. The number of carbonyl (C=O) groups is 2. The Morgan fingerprint density at radius 3 is 2.37 bits per heavy atom. The van der Waals surface area contributed by atoms with E-state index in [2.05, 4.69) is 5.32 Å². The minimum absolute atomic E-state index is 0.139. The van der Waals surface area contributed by atoms with Gasteiger partial charge in [-0.1, -0.05) is 75.4 Å². The van der Waals surface area contributed by atoms with Crippen molar-refractivity contribution in [2.75, 3.05) is 23.9 Å². The monoisotopic (exact) mass is 535 g/mol.